The average Bonchev–Trinajstić information content (AvgIpc) is 2.52. The quantitative estimate of drug-likeness (QED) is 0.727. The van der Waals surface area contributed by atoms with E-state index in [1.165, 1.54) is 6.20 Å². The van der Waals surface area contributed by atoms with Gasteiger partial charge in [-0.15, -0.1) is 5.10 Å². The van der Waals surface area contributed by atoms with Crippen LogP contribution in [0.5, 0.6) is 0 Å². The fourth-order valence-corrected chi connectivity index (χ4v) is 2.09. The van der Waals surface area contributed by atoms with Crippen LogP contribution in [0.25, 0.3) is 0 Å². The number of benzene rings is 2. The monoisotopic (exact) mass is 331 g/mol. The first kappa shape index (κ1) is 14.6. The molecule has 0 saturated heterocycles. The third kappa shape index (κ3) is 3.63. The fraction of sp³-hybridized carbons (Fsp3) is 0. The van der Waals surface area contributed by atoms with Gasteiger partial charge in [0.15, 0.2) is 5.82 Å². The van der Waals surface area contributed by atoms with E-state index >= 15 is 0 Å². The molecule has 0 radical (unpaired) electrons. The van der Waals surface area contributed by atoms with Crippen molar-refractivity contribution in [3.8, 4) is 0 Å². The Morgan fingerprint density at radius 2 is 1.64 bits per heavy atom. The van der Waals surface area contributed by atoms with E-state index in [0.29, 0.717) is 21.8 Å². The zero-order chi connectivity index (χ0) is 15.4. The zero-order valence-electron chi connectivity index (χ0n) is 11.3. The molecule has 0 atom stereocenters. The maximum atomic E-state index is 5.99. The summed E-state index contributed by atoms with van der Waals surface area (Å²) in [6.07, 6.45) is 1.53. The smallest absolute Gasteiger partial charge is 0.249 e. The largest absolute Gasteiger partial charge is 0.339 e. The highest BCUT2D eigenvalue weighted by atomic mass is 35.5. The van der Waals surface area contributed by atoms with Gasteiger partial charge < -0.3 is 10.6 Å². The van der Waals surface area contributed by atoms with E-state index in [1.54, 1.807) is 18.2 Å². The molecule has 22 heavy (non-hydrogen) atoms. The van der Waals surface area contributed by atoms with E-state index in [4.69, 9.17) is 23.2 Å². The minimum absolute atomic E-state index is 0.399. The predicted octanol–water partition coefficient (Wildman–Crippen LogP) is 4.67. The van der Waals surface area contributed by atoms with Gasteiger partial charge in [-0.2, -0.15) is 10.1 Å². The molecular weight excluding hydrogens is 321 g/mol. The Hall–Kier alpha value is -2.37. The highest BCUT2D eigenvalue weighted by Gasteiger charge is 2.04. The lowest BCUT2D eigenvalue weighted by molar-refractivity contribution is 0.982. The summed E-state index contributed by atoms with van der Waals surface area (Å²) in [7, 11) is 0. The maximum absolute atomic E-state index is 5.99. The molecule has 0 bridgehead atoms. The first-order chi connectivity index (χ1) is 10.7. The molecule has 1 heterocycles. The number of anilines is 4. The third-order valence-electron chi connectivity index (χ3n) is 2.78. The first-order valence-electron chi connectivity index (χ1n) is 6.44. The van der Waals surface area contributed by atoms with Gasteiger partial charge in [0.2, 0.25) is 5.95 Å². The lowest BCUT2D eigenvalue weighted by Gasteiger charge is -2.08. The lowest BCUT2D eigenvalue weighted by Crippen LogP contribution is -2.02. The van der Waals surface area contributed by atoms with E-state index in [1.807, 2.05) is 30.3 Å². The summed E-state index contributed by atoms with van der Waals surface area (Å²) in [5, 5.41) is 15.0. The van der Waals surface area contributed by atoms with Crippen LogP contribution < -0.4 is 10.6 Å². The predicted molar refractivity (Wildman–Crippen MR) is 89.3 cm³/mol. The van der Waals surface area contributed by atoms with Crippen LogP contribution in [0.4, 0.5) is 23.1 Å². The zero-order valence-corrected chi connectivity index (χ0v) is 12.8. The summed E-state index contributed by atoms with van der Waals surface area (Å²) in [4.78, 5) is 4.34. The number of hydrogen-bond acceptors (Lipinski definition) is 5. The van der Waals surface area contributed by atoms with Gasteiger partial charge in [0, 0.05) is 11.4 Å². The Labute approximate surface area is 137 Å². The molecule has 0 aliphatic heterocycles. The molecule has 0 aliphatic carbocycles. The van der Waals surface area contributed by atoms with Crippen LogP contribution in [0.2, 0.25) is 10.0 Å². The third-order valence-corrected chi connectivity index (χ3v) is 3.52. The SMILES string of the molecule is Clc1ccc(Nc2cnnc(Nc3ccccc3)n2)cc1Cl. The van der Waals surface area contributed by atoms with Gasteiger partial charge in [-0.3, -0.25) is 0 Å². The molecule has 0 aliphatic rings. The molecule has 0 amide bonds. The molecule has 5 nitrogen and oxygen atoms in total. The lowest BCUT2D eigenvalue weighted by atomic mass is 10.3. The van der Waals surface area contributed by atoms with Crippen LogP contribution in [0.1, 0.15) is 0 Å². The molecule has 1 aromatic heterocycles. The Bertz CT molecular complexity index is 780. The average molecular weight is 332 g/mol. The maximum Gasteiger partial charge on any atom is 0.249 e. The molecule has 3 aromatic rings. The Balaban J connectivity index is 1.77. The number of nitrogens with one attached hydrogen (secondary N) is 2. The normalized spacial score (nSPS) is 10.3. The van der Waals surface area contributed by atoms with E-state index in [2.05, 4.69) is 25.8 Å². The van der Waals surface area contributed by atoms with Gasteiger partial charge in [-0.25, -0.2) is 0 Å². The molecule has 7 heteroatoms. The highest BCUT2D eigenvalue weighted by Crippen LogP contribution is 2.26. The summed E-state index contributed by atoms with van der Waals surface area (Å²) in [6.45, 7) is 0. The van der Waals surface area contributed by atoms with Crippen LogP contribution in [-0.4, -0.2) is 15.2 Å². The highest BCUT2D eigenvalue weighted by molar-refractivity contribution is 6.42. The second-order valence-corrected chi connectivity index (χ2v) is 5.22. The van der Waals surface area contributed by atoms with Crippen LogP contribution >= 0.6 is 23.2 Å². The number of rotatable bonds is 4. The van der Waals surface area contributed by atoms with Crippen molar-refractivity contribution in [3.63, 3.8) is 0 Å². The van der Waals surface area contributed by atoms with Crippen LogP contribution in [0.15, 0.2) is 54.7 Å². The van der Waals surface area contributed by atoms with Crippen LogP contribution in [0, 0.1) is 0 Å². The number of para-hydroxylation sites is 1. The molecular formula is C15H11Cl2N5. The van der Waals surface area contributed by atoms with E-state index in [9.17, 15) is 0 Å². The first-order valence-corrected chi connectivity index (χ1v) is 7.20. The summed E-state index contributed by atoms with van der Waals surface area (Å²) < 4.78 is 0. The standard InChI is InChI=1S/C15H11Cl2N5/c16-12-7-6-11(8-13(12)17)19-14-9-18-22-15(21-14)20-10-4-2-1-3-5-10/h1-9H,(H2,19,20,21,22). The number of aromatic nitrogens is 3. The fourth-order valence-electron chi connectivity index (χ4n) is 1.79. The van der Waals surface area contributed by atoms with Crippen molar-refractivity contribution in [2.45, 2.75) is 0 Å². The van der Waals surface area contributed by atoms with Gasteiger partial charge in [0.05, 0.1) is 16.2 Å². The van der Waals surface area contributed by atoms with Crippen LogP contribution in [0.3, 0.4) is 0 Å². The second kappa shape index (κ2) is 6.60. The second-order valence-electron chi connectivity index (χ2n) is 4.41. The van der Waals surface area contributed by atoms with Crippen molar-refractivity contribution in [1.29, 1.82) is 0 Å². The van der Waals surface area contributed by atoms with Crippen LogP contribution in [-0.2, 0) is 0 Å². The minimum atomic E-state index is 0.399. The minimum Gasteiger partial charge on any atom is -0.339 e. The van der Waals surface area contributed by atoms with Gasteiger partial charge in [0.25, 0.3) is 0 Å². The van der Waals surface area contributed by atoms with Gasteiger partial charge >= 0.3 is 0 Å². The van der Waals surface area contributed by atoms with Crippen molar-refractivity contribution in [2.24, 2.45) is 0 Å². The summed E-state index contributed by atoms with van der Waals surface area (Å²) >= 11 is 11.9. The molecule has 0 saturated carbocycles. The van der Waals surface area contributed by atoms with Gasteiger partial charge in [0.1, 0.15) is 0 Å². The summed E-state index contributed by atoms with van der Waals surface area (Å²) in [6, 6.07) is 14.9. The molecule has 0 unspecified atom stereocenters. The van der Waals surface area contributed by atoms with Crippen molar-refractivity contribution in [3.05, 3.63) is 64.8 Å². The molecule has 2 aromatic carbocycles. The Morgan fingerprint density at radius 1 is 0.818 bits per heavy atom. The van der Waals surface area contributed by atoms with Crippen molar-refractivity contribution < 1.29 is 0 Å². The Kier molecular flexibility index (Phi) is 4.37. The Morgan fingerprint density at radius 3 is 2.41 bits per heavy atom. The molecule has 3 rings (SSSR count). The van der Waals surface area contributed by atoms with E-state index in [-0.39, 0.29) is 0 Å². The number of halogens is 2. The van der Waals surface area contributed by atoms with Crippen molar-refractivity contribution in [1.82, 2.24) is 15.2 Å². The molecule has 110 valence electrons. The van der Waals surface area contributed by atoms with Gasteiger partial charge in [-0.1, -0.05) is 41.4 Å². The topological polar surface area (TPSA) is 62.7 Å². The molecule has 2 N–H and O–H groups in total. The number of hydrogen-bond donors (Lipinski definition) is 2. The summed E-state index contributed by atoms with van der Waals surface area (Å²) in [5.74, 6) is 0.947. The summed E-state index contributed by atoms with van der Waals surface area (Å²) in [5.41, 5.74) is 1.65. The van der Waals surface area contributed by atoms with Gasteiger partial charge in [-0.05, 0) is 30.3 Å². The van der Waals surface area contributed by atoms with Crippen molar-refractivity contribution in [2.75, 3.05) is 10.6 Å². The number of nitrogens with zero attached hydrogens (tertiary/aromatic N) is 3. The molecule has 0 fully saturated rings. The van der Waals surface area contributed by atoms with E-state index in [0.717, 1.165) is 11.4 Å². The van der Waals surface area contributed by atoms with Crippen molar-refractivity contribution >= 4 is 46.3 Å². The van der Waals surface area contributed by atoms with E-state index < -0.39 is 0 Å². The molecule has 0 spiro atoms.